The van der Waals surface area contributed by atoms with E-state index in [1.807, 2.05) is 0 Å². The molecule has 2 rings (SSSR count). The van der Waals surface area contributed by atoms with Crippen molar-refractivity contribution in [3.8, 4) is 0 Å². The number of nitrogens with zero attached hydrogens (tertiary/aromatic N) is 1. The van der Waals surface area contributed by atoms with Crippen LogP contribution >= 0.6 is 0 Å². The topological polar surface area (TPSA) is 58.0 Å². The average Bonchev–Trinajstić information content (AvgIpc) is 2.61. The van der Waals surface area contributed by atoms with E-state index in [2.05, 4.69) is 25.9 Å². The second-order valence-corrected chi connectivity index (χ2v) is 6.05. The van der Waals surface area contributed by atoms with Crippen molar-refractivity contribution in [1.82, 2.24) is 9.78 Å². The fourth-order valence-electron chi connectivity index (χ4n) is 2.43. The number of H-pyrrole nitrogens is 1. The largest absolute Gasteiger partial charge is 0.391 e. The van der Waals surface area contributed by atoms with Crippen molar-refractivity contribution in [2.24, 2.45) is 0 Å². The lowest BCUT2D eigenvalue weighted by atomic mass is 9.93. The summed E-state index contributed by atoms with van der Waals surface area (Å²) in [6.45, 7) is 6.21. The zero-order valence-electron chi connectivity index (χ0n) is 10.9. The van der Waals surface area contributed by atoms with E-state index in [-0.39, 0.29) is 17.0 Å². The molecule has 17 heavy (non-hydrogen) atoms. The van der Waals surface area contributed by atoms with Crippen LogP contribution in [0.15, 0.2) is 10.9 Å². The third-order valence-corrected chi connectivity index (χ3v) is 3.58. The van der Waals surface area contributed by atoms with Crippen molar-refractivity contribution < 1.29 is 5.11 Å². The summed E-state index contributed by atoms with van der Waals surface area (Å²) in [5, 5.41) is 13.1. The maximum Gasteiger partial charge on any atom is 0.267 e. The molecule has 0 aromatic carbocycles. The molecule has 1 aromatic rings. The Morgan fingerprint density at radius 2 is 2.00 bits per heavy atom. The van der Waals surface area contributed by atoms with E-state index < -0.39 is 6.10 Å². The highest BCUT2D eigenvalue weighted by molar-refractivity contribution is 5.11. The number of nitrogens with one attached hydrogen (secondary N) is 1. The minimum Gasteiger partial charge on any atom is -0.391 e. The lowest BCUT2D eigenvalue weighted by molar-refractivity contribution is 0.0674. The smallest absolute Gasteiger partial charge is 0.267 e. The summed E-state index contributed by atoms with van der Waals surface area (Å²) in [6.07, 6.45) is 3.41. The zero-order valence-corrected chi connectivity index (χ0v) is 10.9. The Balaban J connectivity index is 2.32. The van der Waals surface area contributed by atoms with E-state index in [0.29, 0.717) is 0 Å². The maximum atomic E-state index is 12.0. The van der Waals surface area contributed by atoms with Crippen LogP contribution in [0.1, 0.15) is 58.2 Å². The van der Waals surface area contributed by atoms with Crippen LogP contribution in [0.5, 0.6) is 0 Å². The SMILES string of the molecule is CC(C)(C)c1cc(=O)n(C2CCCCC2O)[nH]1. The fourth-order valence-corrected chi connectivity index (χ4v) is 2.43. The van der Waals surface area contributed by atoms with Gasteiger partial charge in [-0.3, -0.25) is 9.89 Å². The van der Waals surface area contributed by atoms with Gasteiger partial charge in [0.2, 0.25) is 0 Å². The van der Waals surface area contributed by atoms with Crippen LogP contribution in [0, 0.1) is 0 Å². The summed E-state index contributed by atoms with van der Waals surface area (Å²) in [5.74, 6) is 0. The minimum atomic E-state index is -0.395. The molecule has 2 N–H and O–H groups in total. The van der Waals surface area contributed by atoms with Gasteiger partial charge in [0.25, 0.3) is 5.56 Å². The molecule has 0 radical (unpaired) electrons. The molecule has 0 amide bonds. The van der Waals surface area contributed by atoms with Gasteiger partial charge in [-0.25, -0.2) is 4.68 Å². The molecule has 2 atom stereocenters. The fraction of sp³-hybridized carbons (Fsp3) is 0.769. The zero-order chi connectivity index (χ0) is 12.6. The molecular formula is C13H22N2O2. The van der Waals surface area contributed by atoms with Crippen molar-refractivity contribution in [3.63, 3.8) is 0 Å². The lowest BCUT2D eigenvalue weighted by Gasteiger charge is -2.28. The molecule has 0 bridgehead atoms. The predicted octanol–water partition coefficient (Wildman–Crippen LogP) is 1.95. The molecule has 0 aliphatic heterocycles. The summed E-state index contributed by atoms with van der Waals surface area (Å²) in [6, 6.07) is 1.58. The predicted molar refractivity (Wildman–Crippen MR) is 67.3 cm³/mol. The van der Waals surface area contributed by atoms with Crippen LogP contribution in [0.3, 0.4) is 0 Å². The highest BCUT2D eigenvalue weighted by Crippen LogP contribution is 2.28. The van der Waals surface area contributed by atoms with Gasteiger partial charge in [0, 0.05) is 17.2 Å². The van der Waals surface area contributed by atoms with Crippen LogP contribution in [-0.2, 0) is 5.41 Å². The second kappa shape index (κ2) is 4.33. The molecule has 96 valence electrons. The first-order chi connectivity index (χ1) is 7.89. The third kappa shape index (κ3) is 2.46. The van der Waals surface area contributed by atoms with Gasteiger partial charge in [0.05, 0.1) is 12.1 Å². The maximum absolute atomic E-state index is 12.0. The van der Waals surface area contributed by atoms with Gasteiger partial charge in [0.15, 0.2) is 0 Å². The normalized spacial score (nSPS) is 26.1. The first-order valence-corrected chi connectivity index (χ1v) is 6.39. The summed E-state index contributed by atoms with van der Waals surface area (Å²) in [4.78, 5) is 12.0. The Morgan fingerprint density at radius 3 is 2.53 bits per heavy atom. The third-order valence-electron chi connectivity index (χ3n) is 3.58. The molecular weight excluding hydrogens is 216 g/mol. The summed E-state index contributed by atoms with van der Waals surface area (Å²) in [5.41, 5.74) is 0.838. The molecule has 4 heteroatoms. The number of aromatic amines is 1. The second-order valence-electron chi connectivity index (χ2n) is 6.05. The summed E-state index contributed by atoms with van der Waals surface area (Å²) < 4.78 is 1.62. The first-order valence-electron chi connectivity index (χ1n) is 6.39. The van der Waals surface area contributed by atoms with Gasteiger partial charge in [-0.1, -0.05) is 33.6 Å². The molecule has 2 unspecified atom stereocenters. The van der Waals surface area contributed by atoms with Crippen molar-refractivity contribution in [2.75, 3.05) is 0 Å². The van der Waals surface area contributed by atoms with E-state index in [1.54, 1.807) is 10.7 Å². The van der Waals surface area contributed by atoms with Gasteiger partial charge < -0.3 is 5.11 Å². The van der Waals surface area contributed by atoms with Crippen LogP contribution in [0.4, 0.5) is 0 Å². The van der Waals surface area contributed by atoms with Gasteiger partial charge in [-0.15, -0.1) is 0 Å². The van der Waals surface area contributed by atoms with E-state index in [9.17, 15) is 9.90 Å². The molecule has 1 aliphatic rings. The monoisotopic (exact) mass is 238 g/mol. The van der Waals surface area contributed by atoms with Crippen molar-refractivity contribution in [3.05, 3.63) is 22.1 Å². The quantitative estimate of drug-likeness (QED) is 0.785. The Labute approximate surface area is 102 Å². The molecule has 4 nitrogen and oxygen atoms in total. The highest BCUT2D eigenvalue weighted by Gasteiger charge is 2.27. The van der Waals surface area contributed by atoms with Crippen LogP contribution in [0.25, 0.3) is 0 Å². The summed E-state index contributed by atoms with van der Waals surface area (Å²) >= 11 is 0. The van der Waals surface area contributed by atoms with Crippen molar-refractivity contribution in [2.45, 2.75) is 64.0 Å². The van der Waals surface area contributed by atoms with Crippen LogP contribution < -0.4 is 5.56 Å². The molecule has 1 aromatic heterocycles. The molecule has 0 spiro atoms. The molecule has 1 heterocycles. The van der Waals surface area contributed by atoms with Gasteiger partial charge in [-0.05, 0) is 12.8 Å². The number of hydrogen-bond donors (Lipinski definition) is 2. The first kappa shape index (κ1) is 12.4. The molecule has 1 aliphatic carbocycles. The Bertz CT molecular complexity index is 439. The standard InChI is InChI=1S/C13H22N2O2/c1-13(2,3)11-8-12(17)15(14-11)9-6-4-5-7-10(9)16/h8-10,14,16H,4-7H2,1-3H3. The number of hydrogen-bond acceptors (Lipinski definition) is 2. The Morgan fingerprint density at radius 1 is 1.35 bits per heavy atom. The number of aliphatic hydroxyl groups excluding tert-OH is 1. The van der Waals surface area contributed by atoms with Gasteiger partial charge in [0.1, 0.15) is 0 Å². The molecule has 0 saturated heterocycles. The minimum absolute atomic E-state index is 0.0270. The van der Waals surface area contributed by atoms with Crippen molar-refractivity contribution >= 4 is 0 Å². The van der Waals surface area contributed by atoms with E-state index in [4.69, 9.17) is 0 Å². The number of rotatable bonds is 1. The lowest BCUT2D eigenvalue weighted by Crippen LogP contribution is -2.33. The van der Waals surface area contributed by atoms with E-state index >= 15 is 0 Å². The van der Waals surface area contributed by atoms with E-state index in [1.165, 1.54) is 0 Å². The summed E-state index contributed by atoms with van der Waals surface area (Å²) in [7, 11) is 0. The van der Waals surface area contributed by atoms with Crippen molar-refractivity contribution in [1.29, 1.82) is 0 Å². The van der Waals surface area contributed by atoms with Gasteiger partial charge >= 0.3 is 0 Å². The van der Waals surface area contributed by atoms with Gasteiger partial charge in [-0.2, -0.15) is 0 Å². The Kier molecular flexibility index (Phi) is 3.17. The van der Waals surface area contributed by atoms with E-state index in [0.717, 1.165) is 31.4 Å². The van der Waals surface area contributed by atoms with Crippen LogP contribution in [-0.4, -0.2) is 21.0 Å². The Hall–Kier alpha value is -1.03. The number of aromatic nitrogens is 2. The van der Waals surface area contributed by atoms with Crippen LogP contribution in [0.2, 0.25) is 0 Å². The average molecular weight is 238 g/mol. The molecule has 1 saturated carbocycles. The number of aliphatic hydroxyl groups is 1. The highest BCUT2D eigenvalue weighted by atomic mass is 16.3. The molecule has 1 fully saturated rings.